The standard InChI is InChI=1S/C7H8N2/c1-3-7-8-4-2-6-9(7)5-1/h1,3-5H,2,6H2. The average molecular weight is 120 g/mol. The first-order chi connectivity index (χ1) is 4.47. The minimum absolute atomic E-state index is 1.07. The third kappa shape index (κ3) is 0.669. The summed E-state index contributed by atoms with van der Waals surface area (Å²) < 4.78 is 2.15. The Morgan fingerprint density at radius 2 is 2.56 bits per heavy atom. The van der Waals surface area contributed by atoms with Gasteiger partial charge >= 0.3 is 0 Å². The Balaban J connectivity index is 2.53. The molecule has 2 nitrogen and oxygen atoms in total. The fraction of sp³-hybridized carbons (Fsp3) is 0.286. The number of hydrogen-bond donors (Lipinski definition) is 0. The molecule has 0 saturated heterocycles. The molecule has 9 heavy (non-hydrogen) atoms. The largest absolute Gasteiger partial charge is 0.333 e. The second-order valence-electron chi connectivity index (χ2n) is 2.16. The molecule has 0 atom stereocenters. The van der Waals surface area contributed by atoms with Crippen molar-refractivity contribution in [2.24, 2.45) is 4.99 Å². The highest BCUT2D eigenvalue weighted by Crippen LogP contribution is 2.15. The van der Waals surface area contributed by atoms with Gasteiger partial charge in [-0.25, -0.2) is 4.99 Å². The Bertz CT molecular complexity index is 235. The van der Waals surface area contributed by atoms with Crippen LogP contribution in [0.2, 0.25) is 0 Å². The molecule has 0 fully saturated rings. The van der Waals surface area contributed by atoms with Crippen molar-refractivity contribution < 1.29 is 0 Å². The smallest absolute Gasteiger partial charge is 0.132 e. The number of rotatable bonds is 0. The highest BCUT2D eigenvalue weighted by atomic mass is 15.1. The van der Waals surface area contributed by atoms with Gasteiger partial charge in [-0.2, -0.15) is 0 Å². The van der Waals surface area contributed by atoms with Crippen LogP contribution in [0, 0.1) is 0 Å². The lowest BCUT2D eigenvalue weighted by atomic mass is 10.4. The van der Waals surface area contributed by atoms with Crippen molar-refractivity contribution in [1.82, 2.24) is 4.57 Å². The first-order valence-corrected chi connectivity index (χ1v) is 3.14. The maximum Gasteiger partial charge on any atom is 0.132 e. The molecule has 2 rings (SSSR count). The van der Waals surface area contributed by atoms with E-state index in [0.717, 1.165) is 18.8 Å². The Morgan fingerprint density at radius 1 is 1.56 bits per heavy atom. The third-order valence-electron chi connectivity index (χ3n) is 1.53. The van der Waals surface area contributed by atoms with Gasteiger partial charge in [0.1, 0.15) is 5.82 Å². The first kappa shape index (κ1) is 4.79. The maximum absolute atomic E-state index is 4.19. The lowest BCUT2D eigenvalue weighted by Gasteiger charge is -2.06. The highest BCUT2D eigenvalue weighted by molar-refractivity contribution is 5.63. The molecular formula is C7H8N2. The van der Waals surface area contributed by atoms with Crippen LogP contribution in [0.3, 0.4) is 0 Å². The van der Waals surface area contributed by atoms with Gasteiger partial charge in [0.05, 0.1) is 0 Å². The van der Waals surface area contributed by atoms with E-state index in [-0.39, 0.29) is 0 Å². The predicted molar refractivity (Wildman–Crippen MR) is 37.2 cm³/mol. The summed E-state index contributed by atoms with van der Waals surface area (Å²) in [6, 6.07) is 4.05. The zero-order valence-electron chi connectivity index (χ0n) is 5.12. The number of aromatic nitrogens is 1. The number of fused-ring (bicyclic) bond motifs is 1. The Hall–Kier alpha value is -1.05. The zero-order chi connectivity index (χ0) is 6.10. The van der Waals surface area contributed by atoms with Crippen molar-refractivity contribution in [2.75, 3.05) is 0 Å². The summed E-state index contributed by atoms with van der Waals surface area (Å²) in [5, 5.41) is 0. The van der Waals surface area contributed by atoms with Crippen molar-refractivity contribution in [3.05, 3.63) is 18.3 Å². The summed E-state index contributed by atoms with van der Waals surface area (Å²) in [5.41, 5.74) is 0. The third-order valence-corrected chi connectivity index (χ3v) is 1.53. The number of nitrogens with zero attached hydrogens (tertiary/aromatic N) is 2. The predicted octanol–water partition coefficient (Wildman–Crippen LogP) is 1.59. The Morgan fingerprint density at radius 3 is 3.44 bits per heavy atom. The zero-order valence-corrected chi connectivity index (χ0v) is 5.12. The Labute approximate surface area is 53.8 Å². The van der Waals surface area contributed by atoms with E-state index in [9.17, 15) is 0 Å². The second-order valence-corrected chi connectivity index (χ2v) is 2.16. The molecule has 1 aromatic heterocycles. The molecule has 0 saturated carbocycles. The van der Waals surface area contributed by atoms with E-state index < -0.39 is 0 Å². The van der Waals surface area contributed by atoms with Crippen molar-refractivity contribution in [2.45, 2.75) is 13.0 Å². The van der Waals surface area contributed by atoms with Crippen LogP contribution in [-0.4, -0.2) is 10.8 Å². The molecule has 0 unspecified atom stereocenters. The first-order valence-electron chi connectivity index (χ1n) is 3.14. The van der Waals surface area contributed by atoms with E-state index in [0.29, 0.717) is 0 Å². The molecule has 1 aliphatic rings. The quantitative estimate of drug-likeness (QED) is 0.494. The summed E-state index contributed by atoms with van der Waals surface area (Å²) in [4.78, 5) is 4.19. The van der Waals surface area contributed by atoms with E-state index in [4.69, 9.17) is 0 Å². The number of aryl methyl sites for hydroxylation is 1. The molecule has 1 aliphatic heterocycles. The van der Waals surface area contributed by atoms with Gasteiger partial charge in [-0.1, -0.05) is 0 Å². The SMILES string of the molecule is C1=Nc2cccn2CC1. The van der Waals surface area contributed by atoms with E-state index in [1.165, 1.54) is 0 Å². The molecule has 0 aliphatic carbocycles. The number of aliphatic imine (C=N–C) groups is 1. The minimum Gasteiger partial charge on any atom is -0.333 e. The van der Waals surface area contributed by atoms with Crippen molar-refractivity contribution in [1.29, 1.82) is 0 Å². The van der Waals surface area contributed by atoms with Gasteiger partial charge in [-0.05, 0) is 12.1 Å². The number of hydrogen-bond acceptors (Lipinski definition) is 1. The van der Waals surface area contributed by atoms with Gasteiger partial charge in [0, 0.05) is 25.4 Å². The summed E-state index contributed by atoms with van der Waals surface area (Å²) in [5.74, 6) is 1.08. The molecule has 1 aromatic rings. The van der Waals surface area contributed by atoms with Crippen molar-refractivity contribution >= 4 is 12.0 Å². The molecule has 0 radical (unpaired) electrons. The Kier molecular flexibility index (Phi) is 0.918. The van der Waals surface area contributed by atoms with Crippen molar-refractivity contribution in [3.8, 4) is 0 Å². The molecule has 0 N–H and O–H groups in total. The topological polar surface area (TPSA) is 17.3 Å². The van der Waals surface area contributed by atoms with Crippen LogP contribution in [0.25, 0.3) is 0 Å². The van der Waals surface area contributed by atoms with Gasteiger partial charge < -0.3 is 4.57 Å². The summed E-state index contributed by atoms with van der Waals surface area (Å²) >= 11 is 0. The monoisotopic (exact) mass is 120 g/mol. The van der Waals surface area contributed by atoms with Gasteiger partial charge in [0.2, 0.25) is 0 Å². The van der Waals surface area contributed by atoms with Crippen LogP contribution in [-0.2, 0) is 6.54 Å². The molecule has 0 amide bonds. The maximum atomic E-state index is 4.19. The molecule has 2 heterocycles. The van der Waals surface area contributed by atoms with Crippen LogP contribution in [0.1, 0.15) is 6.42 Å². The van der Waals surface area contributed by atoms with Crippen LogP contribution in [0.4, 0.5) is 5.82 Å². The van der Waals surface area contributed by atoms with E-state index in [2.05, 4.69) is 15.8 Å². The lowest BCUT2D eigenvalue weighted by Crippen LogP contribution is -1.99. The normalized spacial score (nSPS) is 15.6. The van der Waals surface area contributed by atoms with E-state index in [1.807, 2.05) is 18.3 Å². The molecule has 46 valence electrons. The van der Waals surface area contributed by atoms with Crippen LogP contribution in [0.5, 0.6) is 0 Å². The second kappa shape index (κ2) is 1.72. The lowest BCUT2D eigenvalue weighted by molar-refractivity contribution is 0.723. The van der Waals surface area contributed by atoms with Crippen molar-refractivity contribution in [3.63, 3.8) is 0 Å². The fourth-order valence-electron chi connectivity index (χ4n) is 1.07. The van der Waals surface area contributed by atoms with E-state index >= 15 is 0 Å². The van der Waals surface area contributed by atoms with Crippen LogP contribution < -0.4 is 0 Å². The fourth-order valence-corrected chi connectivity index (χ4v) is 1.07. The summed E-state index contributed by atoms with van der Waals surface area (Å²) in [7, 11) is 0. The molecule has 0 bridgehead atoms. The average Bonchev–Trinajstić information content (AvgIpc) is 2.33. The molecule has 0 aromatic carbocycles. The van der Waals surface area contributed by atoms with Gasteiger partial charge in [-0.15, -0.1) is 0 Å². The van der Waals surface area contributed by atoms with Crippen LogP contribution in [0.15, 0.2) is 23.3 Å². The molecular weight excluding hydrogens is 112 g/mol. The van der Waals surface area contributed by atoms with E-state index in [1.54, 1.807) is 0 Å². The van der Waals surface area contributed by atoms with Gasteiger partial charge in [0.25, 0.3) is 0 Å². The van der Waals surface area contributed by atoms with Gasteiger partial charge in [-0.3, -0.25) is 0 Å². The summed E-state index contributed by atoms with van der Waals surface area (Å²) in [6.07, 6.45) is 5.10. The summed E-state index contributed by atoms with van der Waals surface area (Å²) in [6.45, 7) is 1.09. The minimum atomic E-state index is 1.07. The molecule has 0 spiro atoms. The van der Waals surface area contributed by atoms with Crippen LogP contribution >= 0.6 is 0 Å². The highest BCUT2D eigenvalue weighted by Gasteiger charge is 1.99. The van der Waals surface area contributed by atoms with Gasteiger partial charge in [0.15, 0.2) is 0 Å². The molecule has 2 heteroatoms.